The predicted octanol–water partition coefficient (Wildman–Crippen LogP) is 4.26. The van der Waals surface area contributed by atoms with Gasteiger partial charge in [-0.3, -0.25) is 4.79 Å². The van der Waals surface area contributed by atoms with Crippen LogP contribution in [0.1, 0.15) is 43.1 Å². The van der Waals surface area contributed by atoms with Gasteiger partial charge in [-0.1, -0.05) is 17.8 Å². The number of nitrogens with one attached hydrogen (secondary N) is 1. The van der Waals surface area contributed by atoms with Gasteiger partial charge in [0.25, 0.3) is 0 Å². The average molecular weight is 471 g/mol. The molecule has 9 nitrogen and oxygen atoms in total. The number of nitrogens with zero attached hydrogens (tertiary/aromatic N) is 3. The van der Waals surface area contributed by atoms with E-state index in [-0.39, 0.29) is 17.6 Å². The van der Waals surface area contributed by atoms with Crippen molar-refractivity contribution in [1.82, 2.24) is 14.8 Å². The van der Waals surface area contributed by atoms with Crippen molar-refractivity contribution in [3.63, 3.8) is 0 Å². The summed E-state index contributed by atoms with van der Waals surface area (Å²) >= 11 is 1.27. The second-order valence-corrected chi connectivity index (χ2v) is 8.46. The van der Waals surface area contributed by atoms with Crippen molar-refractivity contribution in [1.29, 1.82) is 0 Å². The number of carboxylic acids is 1. The minimum atomic E-state index is -1.05. The standard InChI is InChI=1S/C23H26N4O5S/c1-5-27-20(14(2)32-19-11-9-18(31-4)10-12-19)25-26-23(27)33-15(3)21(28)24-17-8-6-7-16(13-17)22(29)30/h6-15H,5H2,1-4H3,(H,24,28)(H,29,30). The Balaban J connectivity index is 1.67. The van der Waals surface area contributed by atoms with Gasteiger partial charge in [-0.05, 0) is 63.2 Å². The number of carbonyl (C=O) groups is 2. The maximum Gasteiger partial charge on any atom is 0.335 e. The van der Waals surface area contributed by atoms with Crippen LogP contribution in [0.25, 0.3) is 0 Å². The number of aromatic nitrogens is 3. The summed E-state index contributed by atoms with van der Waals surface area (Å²) in [6.07, 6.45) is -0.358. The van der Waals surface area contributed by atoms with E-state index in [1.54, 1.807) is 26.2 Å². The summed E-state index contributed by atoms with van der Waals surface area (Å²) in [5.74, 6) is 0.754. The number of methoxy groups -OCH3 is 1. The fourth-order valence-corrected chi connectivity index (χ4v) is 4.00. The molecule has 0 saturated heterocycles. The van der Waals surface area contributed by atoms with Crippen molar-refractivity contribution < 1.29 is 24.2 Å². The Hall–Kier alpha value is -3.53. The molecule has 3 aromatic rings. The Morgan fingerprint density at radius 1 is 1.12 bits per heavy atom. The molecule has 0 aliphatic heterocycles. The van der Waals surface area contributed by atoms with Gasteiger partial charge in [0.1, 0.15) is 11.5 Å². The maximum atomic E-state index is 12.7. The molecule has 1 heterocycles. The highest BCUT2D eigenvalue weighted by Crippen LogP contribution is 2.28. The molecule has 2 aromatic carbocycles. The molecule has 0 radical (unpaired) electrons. The van der Waals surface area contributed by atoms with Gasteiger partial charge in [-0.25, -0.2) is 4.79 Å². The van der Waals surface area contributed by atoms with Crippen LogP contribution in [0, 0.1) is 0 Å². The monoisotopic (exact) mass is 470 g/mol. The number of anilines is 1. The molecule has 33 heavy (non-hydrogen) atoms. The molecule has 2 unspecified atom stereocenters. The molecule has 0 aliphatic rings. The lowest BCUT2D eigenvalue weighted by Crippen LogP contribution is -2.23. The zero-order valence-electron chi connectivity index (χ0n) is 18.8. The summed E-state index contributed by atoms with van der Waals surface area (Å²) < 4.78 is 13.1. The van der Waals surface area contributed by atoms with E-state index in [2.05, 4.69) is 15.5 Å². The van der Waals surface area contributed by atoms with Crippen LogP contribution in [0.15, 0.2) is 53.7 Å². The van der Waals surface area contributed by atoms with Crippen molar-refractivity contribution in [3.8, 4) is 11.5 Å². The molecule has 0 bridgehead atoms. The maximum absolute atomic E-state index is 12.7. The van der Waals surface area contributed by atoms with Crippen LogP contribution < -0.4 is 14.8 Å². The van der Waals surface area contributed by atoms with Crippen LogP contribution >= 0.6 is 11.8 Å². The van der Waals surface area contributed by atoms with Gasteiger partial charge in [0.15, 0.2) is 17.1 Å². The van der Waals surface area contributed by atoms with Crippen LogP contribution in [0.4, 0.5) is 5.69 Å². The predicted molar refractivity (Wildman–Crippen MR) is 125 cm³/mol. The van der Waals surface area contributed by atoms with Crippen LogP contribution in [0.3, 0.4) is 0 Å². The first-order chi connectivity index (χ1) is 15.8. The Labute approximate surface area is 196 Å². The lowest BCUT2D eigenvalue weighted by atomic mass is 10.2. The number of hydrogen-bond acceptors (Lipinski definition) is 7. The number of hydrogen-bond donors (Lipinski definition) is 2. The minimum Gasteiger partial charge on any atom is -0.497 e. The number of aromatic carboxylic acids is 1. The molecule has 2 atom stereocenters. The summed E-state index contributed by atoms with van der Waals surface area (Å²) in [4.78, 5) is 23.8. The fourth-order valence-electron chi connectivity index (χ4n) is 3.08. The SMILES string of the molecule is CCn1c(SC(C)C(=O)Nc2cccc(C(=O)O)c2)nnc1C(C)Oc1ccc(OC)cc1. The highest BCUT2D eigenvalue weighted by Gasteiger charge is 2.23. The number of benzene rings is 2. The summed E-state index contributed by atoms with van der Waals surface area (Å²) in [6.45, 7) is 6.22. The van der Waals surface area contributed by atoms with E-state index in [9.17, 15) is 9.59 Å². The molecule has 174 valence electrons. The van der Waals surface area contributed by atoms with Gasteiger partial charge in [0.05, 0.1) is 17.9 Å². The van der Waals surface area contributed by atoms with Gasteiger partial charge in [-0.2, -0.15) is 0 Å². The zero-order valence-corrected chi connectivity index (χ0v) is 19.6. The van der Waals surface area contributed by atoms with E-state index in [1.165, 1.54) is 23.9 Å². The third kappa shape index (κ3) is 6.04. The molecule has 1 aromatic heterocycles. The second kappa shape index (κ2) is 10.9. The molecule has 0 saturated carbocycles. The first-order valence-electron chi connectivity index (χ1n) is 10.4. The van der Waals surface area contributed by atoms with E-state index < -0.39 is 11.2 Å². The van der Waals surface area contributed by atoms with Crippen molar-refractivity contribution in [2.45, 2.75) is 43.8 Å². The van der Waals surface area contributed by atoms with Crippen molar-refractivity contribution in [2.24, 2.45) is 0 Å². The lowest BCUT2D eigenvalue weighted by Gasteiger charge is -2.17. The molecular formula is C23H26N4O5S. The third-order valence-corrected chi connectivity index (χ3v) is 5.91. The Kier molecular flexibility index (Phi) is 7.94. The highest BCUT2D eigenvalue weighted by molar-refractivity contribution is 8.00. The molecule has 1 amide bonds. The largest absolute Gasteiger partial charge is 0.497 e. The van der Waals surface area contributed by atoms with Gasteiger partial charge >= 0.3 is 5.97 Å². The van der Waals surface area contributed by atoms with Gasteiger partial charge in [0, 0.05) is 12.2 Å². The third-order valence-electron chi connectivity index (χ3n) is 4.83. The smallest absolute Gasteiger partial charge is 0.335 e. The fraction of sp³-hybridized carbons (Fsp3) is 0.304. The number of carboxylic acid groups (broad SMARTS) is 1. The van der Waals surface area contributed by atoms with E-state index in [0.717, 1.165) is 5.75 Å². The number of thioether (sulfide) groups is 1. The van der Waals surface area contributed by atoms with Crippen LogP contribution in [-0.2, 0) is 11.3 Å². The lowest BCUT2D eigenvalue weighted by molar-refractivity contribution is -0.115. The van der Waals surface area contributed by atoms with Crippen LogP contribution in [-0.4, -0.2) is 44.1 Å². The zero-order chi connectivity index (χ0) is 24.0. The molecule has 0 aliphatic carbocycles. The molecule has 0 fully saturated rings. The quantitative estimate of drug-likeness (QED) is 0.422. The highest BCUT2D eigenvalue weighted by atomic mass is 32.2. The summed E-state index contributed by atoms with van der Waals surface area (Å²) in [5, 5.41) is 20.5. The Morgan fingerprint density at radius 3 is 2.45 bits per heavy atom. The van der Waals surface area contributed by atoms with E-state index >= 15 is 0 Å². The molecular weight excluding hydrogens is 444 g/mol. The van der Waals surface area contributed by atoms with Crippen LogP contribution in [0.5, 0.6) is 11.5 Å². The number of ether oxygens (including phenoxy) is 2. The summed E-state index contributed by atoms with van der Waals surface area (Å²) in [5.41, 5.74) is 0.529. The first kappa shape index (κ1) is 24.1. The van der Waals surface area contributed by atoms with Crippen molar-refractivity contribution in [2.75, 3.05) is 12.4 Å². The molecule has 0 spiro atoms. The van der Waals surface area contributed by atoms with Crippen molar-refractivity contribution >= 4 is 29.3 Å². The first-order valence-corrected chi connectivity index (χ1v) is 11.2. The van der Waals surface area contributed by atoms with Gasteiger partial charge < -0.3 is 24.5 Å². The number of rotatable bonds is 10. The summed E-state index contributed by atoms with van der Waals surface area (Å²) in [7, 11) is 1.61. The average Bonchev–Trinajstić information content (AvgIpc) is 3.22. The van der Waals surface area contributed by atoms with E-state index in [0.29, 0.717) is 29.0 Å². The molecule has 10 heteroatoms. The minimum absolute atomic E-state index is 0.106. The topological polar surface area (TPSA) is 116 Å². The van der Waals surface area contributed by atoms with Gasteiger partial charge in [-0.15, -0.1) is 10.2 Å². The Bertz CT molecular complexity index is 1120. The Morgan fingerprint density at radius 2 is 1.82 bits per heavy atom. The molecule has 3 rings (SSSR count). The van der Waals surface area contributed by atoms with E-state index in [4.69, 9.17) is 14.6 Å². The molecule has 2 N–H and O–H groups in total. The van der Waals surface area contributed by atoms with Crippen LogP contribution in [0.2, 0.25) is 0 Å². The second-order valence-electron chi connectivity index (χ2n) is 7.16. The number of amides is 1. The van der Waals surface area contributed by atoms with Crippen molar-refractivity contribution in [3.05, 3.63) is 59.9 Å². The number of carbonyl (C=O) groups excluding carboxylic acids is 1. The van der Waals surface area contributed by atoms with E-state index in [1.807, 2.05) is 42.7 Å². The van der Waals surface area contributed by atoms with Gasteiger partial charge in [0.2, 0.25) is 5.91 Å². The normalized spacial score (nSPS) is 12.6. The summed E-state index contributed by atoms with van der Waals surface area (Å²) in [6, 6.07) is 13.4.